The van der Waals surface area contributed by atoms with Gasteiger partial charge in [-0.25, -0.2) is 0 Å². The van der Waals surface area contributed by atoms with E-state index in [0.29, 0.717) is 6.61 Å². The summed E-state index contributed by atoms with van der Waals surface area (Å²) in [5.74, 6) is -0.855. The van der Waals surface area contributed by atoms with Crippen molar-refractivity contribution in [3.63, 3.8) is 0 Å². The molecule has 0 aromatic heterocycles. The molecule has 0 fully saturated rings. The summed E-state index contributed by atoms with van der Waals surface area (Å²) in [6.45, 7) is 5.00. The van der Waals surface area contributed by atoms with E-state index < -0.39 is 5.97 Å². The first-order valence-corrected chi connectivity index (χ1v) is 4.13. The maximum atomic E-state index is 10.2. The molecule has 0 atom stereocenters. The van der Waals surface area contributed by atoms with E-state index in [0.717, 1.165) is 0 Å². The molecule has 0 amide bonds. The van der Waals surface area contributed by atoms with Crippen LogP contribution < -0.4 is 0 Å². The molecule has 0 saturated heterocycles. The topological polar surface area (TPSA) is 69.7 Å². The van der Waals surface area contributed by atoms with Crippen molar-refractivity contribution in [1.82, 2.24) is 0 Å². The average Bonchev–Trinajstić information content (AvgIpc) is 2.03. The SMILES string of the molecule is CCOC(C)=O.COC(=O)CC(C)=O. The largest absolute Gasteiger partial charge is 0.469 e. The Kier molecular flexibility index (Phi) is 10.5. The summed E-state index contributed by atoms with van der Waals surface area (Å²) in [6.07, 6.45) is -0.115. The van der Waals surface area contributed by atoms with Crippen molar-refractivity contribution in [2.24, 2.45) is 0 Å². The Morgan fingerprint density at radius 3 is 1.71 bits per heavy atom. The van der Waals surface area contributed by atoms with Gasteiger partial charge in [-0.05, 0) is 13.8 Å². The van der Waals surface area contributed by atoms with Gasteiger partial charge in [-0.1, -0.05) is 0 Å². The van der Waals surface area contributed by atoms with Gasteiger partial charge in [0.05, 0.1) is 13.7 Å². The Morgan fingerprint density at radius 1 is 1.14 bits per heavy atom. The molecule has 0 radical (unpaired) electrons. The molecule has 0 bridgehead atoms. The van der Waals surface area contributed by atoms with Crippen LogP contribution in [0.4, 0.5) is 0 Å². The summed E-state index contributed by atoms with van der Waals surface area (Å²) in [7, 11) is 1.26. The molecule has 0 aliphatic heterocycles. The summed E-state index contributed by atoms with van der Waals surface area (Å²) in [5, 5.41) is 0. The Hall–Kier alpha value is -1.39. The number of carbonyl (C=O) groups is 3. The average molecular weight is 204 g/mol. The predicted molar refractivity (Wildman–Crippen MR) is 49.6 cm³/mol. The predicted octanol–water partition coefficient (Wildman–Crippen LogP) is 0.708. The lowest BCUT2D eigenvalue weighted by Gasteiger charge is -1.90. The fourth-order valence-electron chi connectivity index (χ4n) is 0.479. The molecule has 5 heteroatoms. The van der Waals surface area contributed by atoms with Crippen molar-refractivity contribution in [3.05, 3.63) is 0 Å². The van der Waals surface area contributed by atoms with Crippen molar-refractivity contribution >= 4 is 17.7 Å². The molecule has 0 aliphatic rings. The zero-order valence-electron chi connectivity index (χ0n) is 8.96. The number of hydrogen-bond donors (Lipinski definition) is 0. The Bertz CT molecular complexity index is 197. The molecule has 0 aromatic carbocycles. The van der Waals surface area contributed by atoms with Crippen LogP contribution in [0.25, 0.3) is 0 Å². The summed E-state index contributed by atoms with van der Waals surface area (Å²) in [4.78, 5) is 30.1. The highest BCUT2D eigenvalue weighted by Crippen LogP contribution is 1.83. The van der Waals surface area contributed by atoms with Gasteiger partial charge in [0.25, 0.3) is 0 Å². The minimum atomic E-state index is -0.475. The lowest BCUT2D eigenvalue weighted by molar-refractivity contribution is -0.143. The Labute approximate surface area is 83.4 Å². The number of carbonyl (C=O) groups excluding carboxylic acids is 3. The van der Waals surface area contributed by atoms with Crippen LogP contribution in [-0.4, -0.2) is 31.4 Å². The van der Waals surface area contributed by atoms with Crippen LogP contribution in [0.15, 0.2) is 0 Å². The molecule has 0 saturated carbocycles. The van der Waals surface area contributed by atoms with Crippen LogP contribution in [0.3, 0.4) is 0 Å². The van der Waals surface area contributed by atoms with E-state index >= 15 is 0 Å². The van der Waals surface area contributed by atoms with Crippen LogP contribution in [0.5, 0.6) is 0 Å². The van der Waals surface area contributed by atoms with Gasteiger partial charge in [0, 0.05) is 6.92 Å². The van der Waals surface area contributed by atoms with E-state index in [2.05, 4.69) is 9.47 Å². The molecular weight excluding hydrogens is 188 g/mol. The molecule has 0 spiro atoms. The van der Waals surface area contributed by atoms with Gasteiger partial charge in [-0.15, -0.1) is 0 Å². The fraction of sp³-hybridized carbons (Fsp3) is 0.667. The van der Waals surface area contributed by atoms with Crippen LogP contribution in [0.2, 0.25) is 0 Å². The first-order chi connectivity index (χ1) is 6.43. The van der Waals surface area contributed by atoms with Gasteiger partial charge in [0.1, 0.15) is 12.2 Å². The van der Waals surface area contributed by atoms with Crippen molar-refractivity contribution in [1.29, 1.82) is 0 Å². The van der Waals surface area contributed by atoms with Gasteiger partial charge < -0.3 is 9.47 Å². The van der Waals surface area contributed by atoms with Crippen molar-refractivity contribution < 1.29 is 23.9 Å². The number of hydrogen-bond acceptors (Lipinski definition) is 5. The normalized spacial score (nSPS) is 8.00. The van der Waals surface area contributed by atoms with Gasteiger partial charge in [-0.3, -0.25) is 14.4 Å². The highest BCUT2D eigenvalue weighted by Gasteiger charge is 2.01. The lowest BCUT2D eigenvalue weighted by Crippen LogP contribution is -2.05. The van der Waals surface area contributed by atoms with Crippen molar-refractivity contribution in [2.75, 3.05) is 13.7 Å². The zero-order chi connectivity index (χ0) is 11.6. The van der Waals surface area contributed by atoms with Gasteiger partial charge >= 0.3 is 11.9 Å². The molecule has 0 heterocycles. The smallest absolute Gasteiger partial charge is 0.313 e. The summed E-state index contributed by atoms with van der Waals surface area (Å²) < 4.78 is 8.60. The molecule has 0 unspecified atom stereocenters. The molecule has 0 aliphatic carbocycles. The standard InChI is InChI=1S/C5H8O3.C4H8O2/c1-4(6)3-5(7)8-2;1-3-6-4(2)5/h3H2,1-2H3;3H2,1-2H3. The van der Waals surface area contributed by atoms with E-state index in [-0.39, 0.29) is 18.2 Å². The molecule has 0 rings (SSSR count). The maximum Gasteiger partial charge on any atom is 0.313 e. The van der Waals surface area contributed by atoms with E-state index in [1.54, 1.807) is 6.92 Å². The maximum absolute atomic E-state index is 10.2. The highest BCUT2D eigenvalue weighted by atomic mass is 16.5. The van der Waals surface area contributed by atoms with Gasteiger partial charge in [0.15, 0.2) is 0 Å². The summed E-state index contributed by atoms with van der Waals surface area (Å²) >= 11 is 0. The molecule has 5 nitrogen and oxygen atoms in total. The fourth-order valence-corrected chi connectivity index (χ4v) is 0.479. The number of Topliss-reactive ketones (excluding diaryl/α,β-unsaturated/α-hetero) is 1. The second-order valence-corrected chi connectivity index (χ2v) is 2.38. The number of esters is 2. The van der Waals surface area contributed by atoms with Gasteiger partial charge in [-0.2, -0.15) is 0 Å². The second-order valence-electron chi connectivity index (χ2n) is 2.38. The molecule has 0 aromatic rings. The summed E-state index contributed by atoms with van der Waals surface area (Å²) in [6, 6.07) is 0. The summed E-state index contributed by atoms with van der Waals surface area (Å²) in [5.41, 5.74) is 0. The van der Waals surface area contributed by atoms with Crippen LogP contribution in [-0.2, 0) is 23.9 Å². The third-order valence-electron chi connectivity index (χ3n) is 0.969. The quantitative estimate of drug-likeness (QED) is 0.500. The second kappa shape index (κ2) is 9.70. The number of methoxy groups -OCH3 is 1. The minimum Gasteiger partial charge on any atom is -0.469 e. The Balaban J connectivity index is 0. The Morgan fingerprint density at radius 2 is 1.64 bits per heavy atom. The first kappa shape index (κ1) is 15.1. The minimum absolute atomic E-state index is 0.115. The molecule has 14 heavy (non-hydrogen) atoms. The number of ether oxygens (including phenoxy) is 2. The molecular formula is C9H16O5. The number of rotatable bonds is 3. The number of ketones is 1. The van der Waals surface area contributed by atoms with Gasteiger partial charge in [0.2, 0.25) is 0 Å². The van der Waals surface area contributed by atoms with Crippen LogP contribution in [0.1, 0.15) is 27.2 Å². The van der Waals surface area contributed by atoms with E-state index in [1.165, 1.54) is 21.0 Å². The lowest BCUT2D eigenvalue weighted by atomic mass is 10.3. The van der Waals surface area contributed by atoms with Crippen LogP contribution >= 0.6 is 0 Å². The third kappa shape index (κ3) is 16.9. The van der Waals surface area contributed by atoms with Crippen LogP contribution in [0, 0.1) is 0 Å². The first-order valence-electron chi connectivity index (χ1n) is 4.13. The third-order valence-corrected chi connectivity index (χ3v) is 0.969. The van der Waals surface area contributed by atoms with E-state index in [4.69, 9.17) is 0 Å². The monoisotopic (exact) mass is 204 g/mol. The van der Waals surface area contributed by atoms with Crippen molar-refractivity contribution in [2.45, 2.75) is 27.2 Å². The highest BCUT2D eigenvalue weighted by molar-refractivity contribution is 5.93. The molecule has 0 N–H and O–H groups in total. The van der Waals surface area contributed by atoms with Crippen molar-refractivity contribution in [3.8, 4) is 0 Å². The van der Waals surface area contributed by atoms with E-state index in [9.17, 15) is 14.4 Å². The molecule has 82 valence electrons. The zero-order valence-corrected chi connectivity index (χ0v) is 8.96. The van der Waals surface area contributed by atoms with E-state index in [1.807, 2.05) is 0 Å².